The van der Waals surface area contributed by atoms with E-state index in [1.807, 2.05) is 0 Å². The minimum Gasteiger partial charge on any atom is -0.368 e. The Morgan fingerprint density at radius 3 is 2.91 bits per heavy atom. The minimum absolute atomic E-state index is 0.0920. The molecule has 4 N–H and O–H groups in total. The van der Waals surface area contributed by atoms with Crippen LogP contribution >= 0.6 is 11.6 Å². The van der Waals surface area contributed by atoms with E-state index in [0.29, 0.717) is 35.0 Å². The molecule has 33 heavy (non-hydrogen) atoms. The number of aromatic nitrogens is 4. The van der Waals surface area contributed by atoms with Gasteiger partial charge in [0.05, 0.1) is 46.3 Å². The van der Waals surface area contributed by atoms with Crippen LogP contribution in [0.25, 0.3) is 11.0 Å². The van der Waals surface area contributed by atoms with Crippen molar-refractivity contribution in [3.05, 3.63) is 70.8 Å². The van der Waals surface area contributed by atoms with E-state index in [1.54, 1.807) is 29.5 Å². The topological polar surface area (TPSA) is 105 Å². The Balaban J connectivity index is 1.39. The highest BCUT2D eigenvalue weighted by Crippen LogP contribution is 2.38. The van der Waals surface area contributed by atoms with Crippen LogP contribution in [0, 0.1) is 6.92 Å². The van der Waals surface area contributed by atoms with Gasteiger partial charge in [-0.1, -0.05) is 41.4 Å². The van der Waals surface area contributed by atoms with Gasteiger partial charge in [-0.2, -0.15) is 5.10 Å². The second-order valence-electron chi connectivity index (χ2n) is 8.60. The molecule has 4 heterocycles. The maximum atomic E-state index is 13.0. The van der Waals surface area contributed by atoms with Gasteiger partial charge in [-0.3, -0.25) is 9.48 Å². The number of fused-ring (bicyclic) bond motifs is 1. The number of piperidine rings is 1. The standard InChI is InChI=1S/C24H26ClN7O/c1-15-4-6-16(7-5-15)12-32-13-17(9-29-32)24(33)30-20-11-28-23-21(20)22(19(25)10-27-23)31-8-2-3-18(26)14-31/h4-7,9-11,13,18H,2-3,8,12,14,26H2,1H3,(H,27,28)(H,30,33)/t18-/m1/s1. The lowest BCUT2D eigenvalue weighted by Crippen LogP contribution is -2.43. The van der Waals surface area contributed by atoms with Crippen molar-refractivity contribution in [3.8, 4) is 0 Å². The number of H-pyrrole nitrogens is 1. The number of hydrogen-bond donors (Lipinski definition) is 3. The third-order valence-corrected chi connectivity index (χ3v) is 6.29. The molecule has 0 saturated carbocycles. The van der Waals surface area contributed by atoms with Crippen molar-refractivity contribution < 1.29 is 4.79 Å². The van der Waals surface area contributed by atoms with Gasteiger partial charge in [-0.15, -0.1) is 0 Å². The fourth-order valence-electron chi connectivity index (χ4n) is 4.32. The molecule has 1 aliphatic heterocycles. The summed E-state index contributed by atoms with van der Waals surface area (Å²) in [6, 6.07) is 8.35. The fraction of sp³-hybridized carbons (Fsp3) is 0.292. The molecular formula is C24H26ClN7O. The van der Waals surface area contributed by atoms with E-state index in [-0.39, 0.29) is 11.9 Å². The molecule has 9 heteroatoms. The van der Waals surface area contributed by atoms with Crippen molar-refractivity contribution >= 4 is 39.9 Å². The van der Waals surface area contributed by atoms with Gasteiger partial charge in [0.15, 0.2) is 0 Å². The van der Waals surface area contributed by atoms with Crippen LogP contribution in [0.2, 0.25) is 5.02 Å². The molecule has 8 nitrogen and oxygen atoms in total. The van der Waals surface area contributed by atoms with E-state index < -0.39 is 0 Å². The number of hydrogen-bond acceptors (Lipinski definition) is 5. The van der Waals surface area contributed by atoms with E-state index in [2.05, 4.69) is 56.5 Å². The van der Waals surface area contributed by atoms with Crippen molar-refractivity contribution in [2.45, 2.75) is 32.4 Å². The molecule has 0 aliphatic carbocycles. The average molecular weight is 464 g/mol. The Labute approximate surface area is 196 Å². The van der Waals surface area contributed by atoms with Crippen molar-refractivity contribution in [1.29, 1.82) is 0 Å². The second-order valence-corrected chi connectivity index (χ2v) is 9.00. The highest BCUT2D eigenvalue weighted by atomic mass is 35.5. The quantitative estimate of drug-likeness (QED) is 0.415. The number of carbonyl (C=O) groups is 1. The van der Waals surface area contributed by atoms with Crippen LogP contribution in [0.1, 0.15) is 34.3 Å². The molecule has 5 rings (SSSR count). The van der Waals surface area contributed by atoms with Gasteiger partial charge in [-0.05, 0) is 25.3 Å². The Morgan fingerprint density at radius 1 is 1.30 bits per heavy atom. The number of aromatic amines is 1. The lowest BCUT2D eigenvalue weighted by atomic mass is 10.1. The zero-order valence-corrected chi connectivity index (χ0v) is 19.1. The van der Waals surface area contributed by atoms with Crippen molar-refractivity contribution in [2.24, 2.45) is 5.73 Å². The number of amides is 1. The summed E-state index contributed by atoms with van der Waals surface area (Å²) in [5.41, 5.74) is 11.2. The first-order valence-corrected chi connectivity index (χ1v) is 11.4. The minimum atomic E-state index is -0.243. The molecule has 1 aliphatic rings. The molecule has 4 aromatic rings. The SMILES string of the molecule is Cc1ccc(Cn2cc(C(=O)Nc3c[nH]c4ncc(Cl)c(N5CCC[C@@H](N)C5)c34)cn2)cc1. The summed E-state index contributed by atoms with van der Waals surface area (Å²) in [6.07, 6.45) is 8.69. The molecule has 0 radical (unpaired) electrons. The van der Waals surface area contributed by atoms with Crippen LogP contribution in [-0.4, -0.2) is 44.8 Å². The van der Waals surface area contributed by atoms with Crippen molar-refractivity contribution in [2.75, 3.05) is 23.3 Å². The molecule has 0 unspecified atom stereocenters. The van der Waals surface area contributed by atoms with Gasteiger partial charge in [-0.25, -0.2) is 4.98 Å². The van der Waals surface area contributed by atoms with Crippen LogP contribution in [0.3, 0.4) is 0 Å². The van der Waals surface area contributed by atoms with E-state index in [1.165, 1.54) is 5.56 Å². The Bertz CT molecular complexity index is 1290. The van der Waals surface area contributed by atoms with Gasteiger partial charge in [0.2, 0.25) is 0 Å². The monoisotopic (exact) mass is 463 g/mol. The number of carbonyl (C=O) groups excluding carboxylic acids is 1. The summed E-state index contributed by atoms with van der Waals surface area (Å²) < 4.78 is 1.76. The first-order chi connectivity index (χ1) is 16.0. The van der Waals surface area contributed by atoms with Crippen LogP contribution in [0.4, 0.5) is 11.4 Å². The Kier molecular flexibility index (Phi) is 5.78. The molecule has 1 fully saturated rings. The van der Waals surface area contributed by atoms with Crippen LogP contribution < -0.4 is 16.0 Å². The zero-order chi connectivity index (χ0) is 22.9. The number of nitrogens with one attached hydrogen (secondary N) is 2. The molecule has 1 aromatic carbocycles. The predicted octanol–water partition coefficient (Wildman–Crippen LogP) is 3.95. The largest absolute Gasteiger partial charge is 0.368 e. The number of benzene rings is 1. The van der Waals surface area contributed by atoms with Crippen LogP contribution in [-0.2, 0) is 6.54 Å². The van der Waals surface area contributed by atoms with E-state index in [0.717, 1.165) is 36.0 Å². The molecule has 170 valence electrons. The third kappa shape index (κ3) is 4.44. The first-order valence-electron chi connectivity index (χ1n) is 11.0. The van der Waals surface area contributed by atoms with Crippen LogP contribution in [0.5, 0.6) is 0 Å². The molecule has 1 amide bonds. The summed E-state index contributed by atoms with van der Waals surface area (Å²) in [6.45, 7) is 4.22. The molecule has 1 atom stereocenters. The Hall–Kier alpha value is -3.36. The number of nitrogens with zero attached hydrogens (tertiary/aromatic N) is 4. The smallest absolute Gasteiger partial charge is 0.258 e. The molecule has 0 bridgehead atoms. The number of anilines is 2. The maximum absolute atomic E-state index is 13.0. The van der Waals surface area contributed by atoms with Crippen molar-refractivity contribution in [1.82, 2.24) is 19.7 Å². The Morgan fingerprint density at radius 2 is 2.12 bits per heavy atom. The molecular weight excluding hydrogens is 438 g/mol. The number of halogens is 1. The van der Waals surface area contributed by atoms with E-state index in [9.17, 15) is 4.79 Å². The number of rotatable bonds is 5. The summed E-state index contributed by atoms with van der Waals surface area (Å²) in [7, 11) is 0. The maximum Gasteiger partial charge on any atom is 0.258 e. The number of aryl methyl sites for hydroxylation is 1. The predicted molar refractivity (Wildman–Crippen MR) is 131 cm³/mol. The molecule has 1 saturated heterocycles. The lowest BCUT2D eigenvalue weighted by Gasteiger charge is -2.33. The lowest BCUT2D eigenvalue weighted by molar-refractivity contribution is 0.102. The summed E-state index contributed by atoms with van der Waals surface area (Å²) in [5.74, 6) is -0.243. The van der Waals surface area contributed by atoms with E-state index >= 15 is 0 Å². The first kappa shape index (κ1) is 21.5. The molecule has 3 aromatic heterocycles. The summed E-state index contributed by atoms with van der Waals surface area (Å²) in [5, 5.41) is 8.68. The van der Waals surface area contributed by atoms with Gasteiger partial charge < -0.3 is 20.9 Å². The fourth-order valence-corrected chi connectivity index (χ4v) is 4.58. The second kappa shape index (κ2) is 8.88. The number of nitrogens with two attached hydrogens (primary N) is 1. The third-order valence-electron chi connectivity index (χ3n) is 6.01. The summed E-state index contributed by atoms with van der Waals surface area (Å²) >= 11 is 6.57. The summed E-state index contributed by atoms with van der Waals surface area (Å²) in [4.78, 5) is 22.8. The number of pyridine rings is 1. The highest BCUT2D eigenvalue weighted by molar-refractivity contribution is 6.35. The van der Waals surface area contributed by atoms with Gasteiger partial charge in [0.1, 0.15) is 5.65 Å². The normalized spacial score (nSPS) is 16.3. The van der Waals surface area contributed by atoms with Crippen LogP contribution in [0.15, 0.2) is 49.1 Å². The highest BCUT2D eigenvalue weighted by Gasteiger charge is 2.24. The molecule has 0 spiro atoms. The zero-order valence-electron chi connectivity index (χ0n) is 18.4. The van der Waals surface area contributed by atoms with Crippen molar-refractivity contribution in [3.63, 3.8) is 0 Å². The van der Waals surface area contributed by atoms with Gasteiger partial charge in [0.25, 0.3) is 5.91 Å². The van der Waals surface area contributed by atoms with E-state index in [4.69, 9.17) is 17.3 Å². The van der Waals surface area contributed by atoms with Gasteiger partial charge in [0, 0.05) is 31.5 Å². The van der Waals surface area contributed by atoms with Gasteiger partial charge >= 0.3 is 0 Å². The average Bonchev–Trinajstić information content (AvgIpc) is 3.43.